The normalized spacial score (nSPS) is 10.1. The summed E-state index contributed by atoms with van der Waals surface area (Å²) in [6, 6.07) is 10.3. The van der Waals surface area contributed by atoms with E-state index in [4.69, 9.17) is 16.3 Å². The molecule has 2 aromatic rings. The lowest BCUT2D eigenvalue weighted by atomic mass is 10.1. The molecule has 5 nitrogen and oxygen atoms in total. The highest BCUT2D eigenvalue weighted by Crippen LogP contribution is 2.22. The van der Waals surface area contributed by atoms with Crippen molar-refractivity contribution >= 4 is 35.2 Å². The maximum Gasteiger partial charge on any atom is 0.253 e. The van der Waals surface area contributed by atoms with E-state index in [2.05, 4.69) is 22.5 Å². The molecule has 0 heterocycles. The van der Waals surface area contributed by atoms with Gasteiger partial charge in [-0.2, -0.15) is 0 Å². The first-order valence-corrected chi connectivity index (χ1v) is 8.96. The average Bonchev–Trinajstić information content (AvgIpc) is 2.69. The lowest BCUT2D eigenvalue weighted by molar-refractivity contribution is -0.111. The molecule has 2 aromatic carbocycles. The van der Waals surface area contributed by atoms with E-state index in [1.165, 1.54) is 19.2 Å². The molecular weight excluding hydrogens is 376 g/mol. The minimum atomic E-state index is -0.368. The van der Waals surface area contributed by atoms with Crippen LogP contribution in [0.4, 0.5) is 5.69 Å². The Kier molecular flexibility index (Phi) is 7.67. The molecule has 6 heteroatoms. The summed E-state index contributed by atoms with van der Waals surface area (Å²) in [5.41, 5.74) is 2.46. The molecule has 0 atom stereocenters. The van der Waals surface area contributed by atoms with Crippen LogP contribution in [0, 0.1) is 18.8 Å². The maximum absolute atomic E-state index is 12.3. The zero-order valence-corrected chi connectivity index (χ0v) is 16.7. The van der Waals surface area contributed by atoms with Gasteiger partial charge in [0.1, 0.15) is 12.4 Å². The fourth-order valence-electron chi connectivity index (χ4n) is 2.36. The van der Waals surface area contributed by atoms with Gasteiger partial charge in [0.25, 0.3) is 5.91 Å². The first kappa shape index (κ1) is 21.1. The lowest BCUT2D eigenvalue weighted by Gasteiger charge is -2.09. The number of halogens is 1. The third kappa shape index (κ3) is 5.90. The van der Waals surface area contributed by atoms with Gasteiger partial charge in [0.05, 0.1) is 11.3 Å². The Morgan fingerprint density at radius 1 is 1.21 bits per heavy atom. The monoisotopic (exact) mass is 396 g/mol. The third-order valence-corrected chi connectivity index (χ3v) is 4.06. The fourth-order valence-corrected chi connectivity index (χ4v) is 2.53. The first-order chi connectivity index (χ1) is 13.4. The fraction of sp³-hybridized carbons (Fsp3) is 0.182. The Bertz CT molecular complexity index is 971. The minimum Gasteiger partial charge on any atom is -0.481 e. The van der Waals surface area contributed by atoms with Crippen molar-refractivity contribution in [3.05, 3.63) is 64.2 Å². The number of hydrogen-bond acceptors (Lipinski definition) is 3. The zero-order chi connectivity index (χ0) is 20.5. The van der Waals surface area contributed by atoms with Gasteiger partial charge >= 0.3 is 0 Å². The highest BCUT2D eigenvalue weighted by Gasteiger charge is 2.12. The number of carbonyl (C=O) groups is 2. The molecule has 144 valence electrons. The molecular formula is C22H21ClN2O3. The largest absolute Gasteiger partial charge is 0.481 e. The van der Waals surface area contributed by atoms with Gasteiger partial charge in [0.15, 0.2) is 0 Å². The molecule has 0 saturated heterocycles. The summed E-state index contributed by atoms with van der Waals surface area (Å²) in [5.74, 6) is 5.63. The van der Waals surface area contributed by atoms with E-state index in [-0.39, 0.29) is 11.8 Å². The predicted octanol–water partition coefficient (Wildman–Crippen LogP) is 4.06. The molecule has 2 rings (SSSR count). The molecule has 0 saturated carbocycles. The molecule has 0 unspecified atom stereocenters. The van der Waals surface area contributed by atoms with Gasteiger partial charge in [-0.25, -0.2) is 0 Å². The maximum atomic E-state index is 12.3. The number of nitrogens with one attached hydrogen (secondary N) is 2. The molecule has 0 aliphatic heterocycles. The topological polar surface area (TPSA) is 67.4 Å². The number of anilines is 1. The van der Waals surface area contributed by atoms with Crippen LogP contribution in [0.15, 0.2) is 42.5 Å². The summed E-state index contributed by atoms with van der Waals surface area (Å²) >= 11 is 5.94. The van der Waals surface area contributed by atoms with Gasteiger partial charge in [0.2, 0.25) is 5.91 Å². The van der Waals surface area contributed by atoms with E-state index < -0.39 is 0 Å². The SMILES string of the molecule is CC#CCOc1cc(/C=C/C(=O)Nc2ccc(Cl)cc2C(=O)NC)ccc1C. The van der Waals surface area contributed by atoms with Crippen LogP contribution in [-0.4, -0.2) is 25.5 Å². The van der Waals surface area contributed by atoms with Gasteiger partial charge in [-0.3, -0.25) is 9.59 Å². The summed E-state index contributed by atoms with van der Waals surface area (Å²) in [7, 11) is 1.51. The van der Waals surface area contributed by atoms with Crippen molar-refractivity contribution in [1.29, 1.82) is 0 Å². The summed E-state index contributed by atoms with van der Waals surface area (Å²) < 4.78 is 5.62. The molecule has 0 radical (unpaired) electrons. The molecule has 0 spiro atoms. The van der Waals surface area contributed by atoms with E-state index in [0.717, 1.165) is 11.1 Å². The molecule has 0 aliphatic carbocycles. The lowest BCUT2D eigenvalue weighted by Crippen LogP contribution is -2.20. The Morgan fingerprint density at radius 3 is 2.71 bits per heavy atom. The van der Waals surface area contributed by atoms with Crippen LogP contribution in [0.1, 0.15) is 28.4 Å². The Morgan fingerprint density at radius 2 is 2.00 bits per heavy atom. The van der Waals surface area contributed by atoms with Gasteiger partial charge < -0.3 is 15.4 Å². The molecule has 0 aromatic heterocycles. The molecule has 0 aliphatic rings. The van der Waals surface area contributed by atoms with Crippen LogP contribution >= 0.6 is 11.6 Å². The number of rotatable bonds is 6. The van der Waals surface area contributed by atoms with E-state index in [9.17, 15) is 9.59 Å². The zero-order valence-electron chi connectivity index (χ0n) is 15.9. The highest BCUT2D eigenvalue weighted by atomic mass is 35.5. The Balaban J connectivity index is 2.13. The summed E-state index contributed by atoms with van der Waals surface area (Å²) in [6.07, 6.45) is 3.06. The van der Waals surface area contributed by atoms with Crippen LogP contribution < -0.4 is 15.4 Å². The number of aryl methyl sites for hydroxylation is 1. The van der Waals surface area contributed by atoms with Gasteiger partial charge in [-0.05, 0) is 55.3 Å². The summed E-state index contributed by atoms with van der Waals surface area (Å²) in [6.45, 7) is 4.00. The standard InChI is InChI=1S/C22H21ClN2O3/c1-4-5-12-28-20-13-16(7-6-15(20)2)8-11-21(26)25-19-10-9-17(23)14-18(19)22(27)24-3/h6-11,13-14H,12H2,1-3H3,(H,24,27)(H,25,26)/b11-8+. The average molecular weight is 397 g/mol. The highest BCUT2D eigenvalue weighted by molar-refractivity contribution is 6.31. The Hall–Kier alpha value is -3.23. The molecule has 0 bridgehead atoms. The van der Waals surface area contributed by atoms with Crippen molar-refractivity contribution in [2.45, 2.75) is 13.8 Å². The number of ether oxygens (including phenoxy) is 1. The number of amides is 2. The smallest absolute Gasteiger partial charge is 0.253 e. The van der Waals surface area contributed by atoms with Crippen molar-refractivity contribution < 1.29 is 14.3 Å². The number of benzene rings is 2. The first-order valence-electron chi connectivity index (χ1n) is 8.58. The number of hydrogen-bond donors (Lipinski definition) is 2. The minimum absolute atomic E-state index is 0.291. The van der Waals surface area contributed by atoms with E-state index in [0.29, 0.717) is 28.6 Å². The van der Waals surface area contributed by atoms with Crippen molar-refractivity contribution in [3.8, 4) is 17.6 Å². The molecule has 0 fully saturated rings. The Labute approximate surface area is 169 Å². The van der Waals surface area contributed by atoms with Crippen LogP contribution in [0.25, 0.3) is 6.08 Å². The van der Waals surface area contributed by atoms with E-state index >= 15 is 0 Å². The van der Waals surface area contributed by atoms with Crippen LogP contribution in [0.3, 0.4) is 0 Å². The molecule has 28 heavy (non-hydrogen) atoms. The van der Waals surface area contributed by atoms with Crippen molar-refractivity contribution in [3.63, 3.8) is 0 Å². The summed E-state index contributed by atoms with van der Waals surface area (Å²) in [5, 5.41) is 5.63. The van der Waals surface area contributed by atoms with Crippen LogP contribution in [0.5, 0.6) is 5.75 Å². The second kappa shape index (κ2) is 10.2. The van der Waals surface area contributed by atoms with Gasteiger partial charge in [-0.15, -0.1) is 5.92 Å². The predicted molar refractivity (Wildman–Crippen MR) is 113 cm³/mol. The van der Waals surface area contributed by atoms with Gasteiger partial charge in [0, 0.05) is 18.1 Å². The van der Waals surface area contributed by atoms with Crippen LogP contribution in [0.2, 0.25) is 5.02 Å². The van der Waals surface area contributed by atoms with Crippen LogP contribution in [-0.2, 0) is 4.79 Å². The van der Waals surface area contributed by atoms with Crippen molar-refractivity contribution in [2.24, 2.45) is 0 Å². The molecule has 2 N–H and O–H groups in total. The third-order valence-electron chi connectivity index (χ3n) is 3.83. The van der Waals surface area contributed by atoms with E-state index in [1.807, 2.05) is 25.1 Å². The number of carbonyl (C=O) groups excluding carboxylic acids is 2. The summed E-state index contributed by atoms with van der Waals surface area (Å²) in [4.78, 5) is 24.2. The second-order valence-corrected chi connectivity index (χ2v) is 6.27. The second-order valence-electron chi connectivity index (χ2n) is 5.83. The van der Waals surface area contributed by atoms with Gasteiger partial charge in [-0.1, -0.05) is 29.7 Å². The van der Waals surface area contributed by atoms with Crippen molar-refractivity contribution in [2.75, 3.05) is 19.0 Å². The molecule has 2 amide bonds. The quantitative estimate of drug-likeness (QED) is 0.571. The van der Waals surface area contributed by atoms with Crippen molar-refractivity contribution in [1.82, 2.24) is 5.32 Å². The van der Waals surface area contributed by atoms with E-state index in [1.54, 1.807) is 25.1 Å².